The van der Waals surface area contributed by atoms with Gasteiger partial charge in [-0.15, -0.1) is 0 Å². The highest BCUT2D eigenvalue weighted by atomic mass is 16.1. The standard InChI is InChI=1S/C30H48O/c1-19(2)20-11-14-27(5)17-18-29(7)21(25(20)27)9-10-23-28(6)15-13-24(31)26(3,4)22(28)12-16-30(23,29)8/h20-23,25H,1,9-18H2,2-8H3. The summed E-state index contributed by atoms with van der Waals surface area (Å²) in [6.45, 7) is 22.0. The molecule has 0 spiro atoms. The lowest BCUT2D eigenvalue weighted by Gasteiger charge is -2.72. The van der Waals surface area contributed by atoms with Gasteiger partial charge in [0, 0.05) is 11.8 Å². The van der Waals surface area contributed by atoms with Crippen LogP contribution in [-0.4, -0.2) is 5.78 Å². The molecule has 0 bridgehead atoms. The van der Waals surface area contributed by atoms with E-state index in [1.807, 2.05) is 0 Å². The Bertz CT molecular complexity index is 807. The molecule has 0 aromatic rings. The summed E-state index contributed by atoms with van der Waals surface area (Å²) in [6, 6.07) is 0. The average molecular weight is 425 g/mol. The molecule has 5 aliphatic carbocycles. The number of hydrogen-bond acceptors (Lipinski definition) is 1. The van der Waals surface area contributed by atoms with Crippen LogP contribution in [0.5, 0.6) is 0 Å². The molecular formula is C30H48O. The van der Waals surface area contributed by atoms with Crippen LogP contribution in [0.2, 0.25) is 0 Å². The molecule has 174 valence electrons. The van der Waals surface area contributed by atoms with Crippen LogP contribution in [0.3, 0.4) is 0 Å². The first-order chi connectivity index (χ1) is 14.3. The van der Waals surface area contributed by atoms with Crippen LogP contribution < -0.4 is 0 Å². The minimum Gasteiger partial charge on any atom is -0.299 e. The molecule has 0 aromatic carbocycles. The topological polar surface area (TPSA) is 17.1 Å². The summed E-state index contributed by atoms with van der Waals surface area (Å²) >= 11 is 0. The summed E-state index contributed by atoms with van der Waals surface area (Å²) in [4.78, 5) is 12.9. The SMILES string of the molecule is C=C(C)C1CCC2(C)CCC3(C)C(CCC4C5(C)CCC(=O)C(C)(C)C5CCC43C)C12. The highest BCUT2D eigenvalue weighted by Gasteiger charge is 2.70. The molecular weight excluding hydrogens is 376 g/mol. The Kier molecular flexibility index (Phi) is 4.66. The maximum Gasteiger partial charge on any atom is 0.138 e. The van der Waals surface area contributed by atoms with E-state index in [2.05, 4.69) is 55.0 Å². The highest BCUT2D eigenvalue weighted by Crippen LogP contribution is 2.77. The maximum atomic E-state index is 12.9. The second-order valence-corrected chi connectivity index (χ2v) is 14.5. The third kappa shape index (κ3) is 2.59. The van der Waals surface area contributed by atoms with E-state index in [0.29, 0.717) is 33.4 Å². The Hall–Kier alpha value is -0.590. The molecule has 5 saturated carbocycles. The first-order valence-corrected chi connectivity index (χ1v) is 13.5. The molecule has 0 heterocycles. The molecule has 0 radical (unpaired) electrons. The molecule has 31 heavy (non-hydrogen) atoms. The van der Waals surface area contributed by atoms with Crippen LogP contribution in [-0.2, 0) is 4.79 Å². The van der Waals surface area contributed by atoms with Gasteiger partial charge in [-0.1, -0.05) is 53.7 Å². The molecule has 0 aliphatic heterocycles. The molecule has 0 aromatic heterocycles. The molecule has 9 unspecified atom stereocenters. The van der Waals surface area contributed by atoms with Gasteiger partial charge in [-0.3, -0.25) is 4.79 Å². The largest absolute Gasteiger partial charge is 0.299 e. The van der Waals surface area contributed by atoms with Crippen molar-refractivity contribution in [3.63, 3.8) is 0 Å². The third-order valence-electron chi connectivity index (χ3n) is 13.2. The Morgan fingerprint density at radius 1 is 0.806 bits per heavy atom. The fourth-order valence-corrected chi connectivity index (χ4v) is 11.3. The van der Waals surface area contributed by atoms with E-state index < -0.39 is 0 Å². The van der Waals surface area contributed by atoms with Crippen molar-refractivity contribution < 1.29 is 4.79 Å². The third-order valence-corrected chi connectivity index (χ3v) is 13.2. The van der Waals surface area contributed by atoms with Crippen molar-refractivity contribution in [2.24, 2.45) is 56.7 Å². The number of carbonyl (C=O) groups excluding carboxylic acids is 1. The van der Waals surface area contributed by atoms with Crippen molar-refractivity contribution in [2.75, 3.05) is 0 Å². The van der Waals surface area contributed by atoms with Crippen molar-refractivity contribution >= 4 is 5.78 Å². The molecule has 0 N–H and O–H groups in total. The van der Waals surface area contributed by atoms with Crippen molar-refractivity contribution in [1.82, 2.24) is 0 Å². The number of allylic oxidation sites excluding steroid dienone is 1. The zero-order valence-electron chi connectivity index (χ0n) is 21.6. The van der Waals surface area contributed by atoms with E-state index in [-0.39, 0.29) is 5.41 Å². The van der Waals surface area contributed by atoms with Gasteiger partial charge in [0.15, 0.2) is 0 Å². The van der Waals surface area contributed by atoms with Crippen molar-refractivity contribution in [3.05, 3.63) is 12.2 Å². The van der Waals surface area contributed by atoms with Gasteiger partial charge in [0.25, 0.3) is 0 Å². The van der Waals surface area contributed by atoms with E-state index in [1.54, 1.807) is 0 Å². The summed E-state index contributed by atoms with van der Waals surface area (Å²) in [5.74, 6) is 4.33. The van der Waals surface area contributed by atoms with E-state index in [0.717, 1.165) is 36.5 Å². The Labute approximate surface area is 192 Å². The lowest BCUT2D eigenvalue weighted by molar-refractivity contribution is -0.232. The van der Waals surface area contributed by atoms with E-state index in [1.165, 1.54) is 56.9 Å². The van der Waals surface area contributed by atoms with Crippen LogP contribution in [0.4, 0.5) is 0 Å². The number of Topliss-reactive ketones (excluding diaryl/α,β-unsaturated/α-hetero) is 1. The van der Waals surface area contributed by atoms with Crippen molar-refractivity contribution in [1.29, 1.82) is 0 Å². The fraction of sp³-hybridized carbons (Fsp3) is 0.900. The first-order valence-electron chi connectivity index (χ1n) is 13.5. The van der Waals surface area contributed by atoms with Crippen molar-refractivity contribution in [3.8, 4) is 0 Å². The lowest BCUT2D eigenvalue weighted by atomic mass is 9.32. The minimum absolute atomic E-state index is 0.131. The van der Waals surface area contributed by atoms with E-state index >= 15 is 0 Å². The summed E-state index contributed by atoms with van der Waals surface area (Å²) in [7, 11) is 0. The van der Waals surface area contributed by atoms with Crippen LogP contribution in [0, 0.1) is 56.7 Å². The van der Waals surface area contributed by atoms with Gasteiger partial charge >= 0.3 is 0 Å². The quantitative estimate of drug-likeness (QED) is 0.387. The number of hydrogen-bond donors (Lipinski definition) is 0. The van der Waals surface area contributed by atoms with Crippen molar-refractivity contribution in [2.45, 2.75) is 113 Å². The molecule has 0 saturated heterocycles. The van der Waals surface area contributed by atoms with Gasteiger partial charge in [-0.05, 0) is 116 Å². The van der Waals surface area contributed by atoms with Gasteiger partial charge in [-0.2, -0.15) is 0 Å². The van der Waals surface area contributed by atoms with Gasteiger partial charge in [0.1, 0.15) is 5.78 Å². The fourth-order valence-electron chi connectivity index (χ4n) is 11.3. The van der Waals surface area contributed by atoms with Crippen LogP contribution in [0.25, 0.3) is 0 Å². The molecule has 9 atom stereocenters. The normalized spacial score (nSPS) is 55.6. The second kappa shape index (κ2) is 6.50. The smallest absolute Gasteiger partial charge is 0.138 e. The molecule has 5 rings (SSSR count). The summed E-state index contributed by atoms with van der Waals surface area (Å²) < 4.78 is 0. The predicted octanol–water partition coefficient (Wildman–Crippen LogP) is 8.23. The second-order valence-electron chi connectivity index (χ2n) is 14.5. The first kappa shape index (κ1) is 22.2. The van der Waals surface area contributed by atoms with Gasteiger partial charge in [0.2, 0.25) is 0 Å². The lowest BCUT2D eigenvalue weighted by Crippen LogP contribution is -2.66. The number of rotatable bonds is 1. The van der Waals surface area contributed by atoms with Crippen LogP contribution in [0.1, 0.15) is 113 Å². The van der Waals surface area contributed by atoms with E-state index in [9.17, 15) is 4.79 Å². The maximum absolute atomic E-state index is 12.9. The number of ketones is 1. The zero-order chi connectivity index (χ0) is 22.6. The summed E-state index contributed by atoms with van der Waals surface area (Å²) in [5, 5.41) is 0. The Morgan fingerprint density at radius 3 is 2.19 bits per heavy atom. The monoisotopic (exact) mass is 424 g/mol. The summed E-state index contributed by atoms with van der Waals surface area (Å²) in [6.07, 6.45) is 13.0. The Morgan fingerprint density at radius 2 is 1.52 bits per heavy atom. The zero-order valence-corrected chi connectivity index (χ0v) is 21.6. The number of carbonyl (C=O) groups is 1. The predicted molar refractivity (Wildman–Crippen MR) is 130 cm³/mol. The van der Waals surface area contributed by atoms with E-state index in [4.69, 9.17) is 0 Å². The summed E-state index contributed by atoms with van der Waals surface area (Å²) in [5.41, 5.74) is 3.06. The molecule has 5 fully saturated rings. The molecule has 0 amide bonds. The number of fused-ring (bicyclic) bond motifs is 7. The van der Waals surface area contributed by atoms with Gasteiger partial charge < -0.3 is 0 Å². The molecule has 1 heteroatoms. The minimum atomic E-state index is -0.131. The van der Waals surface area contributed by atoms with Crippen LogP contribution in [0.15, 0.2) is 12.2 Å². The molecule has 1 nitrogen and oxygen atoms in total. The average Bonchev–Trinajstić information content (AvgIpc) is 3.04. The molecule has 5 aliphatic rings. The van der Waals surface area contributed by atoms with Gasteiger partial charge in [0.05, 0.1) is 0 Å². The van der Waals surface area contributed by atoms with Gasteiger partial charge in [-0.25, -0.2) is 0 Å². The highest BCUT2D eigenvalue weighted by molar-refractivity contribution is 5.85. The van der Waals surface area contributed by atoms with Crippen LogP contribution >= 0.6 is 0 Å². The Balaban J connectivity index is 1.55.